The van der Waals surface area contributed by atoms with E-state index in [0.717, 1.165) is 27.3 Å². The Morgan fingerprint density at radius 2 is 1.77 bits per heavy atom. The molecule has 0 N–H and O–H groups in total. The Balaban J connectivity index is 2.28. The van der Waals surface area contributed by atoms with Gasteiger partial charge in [-0.25, -0.2) is 0 Å². The summed E-state index contributed by atoms with van der Waals surface area (Å²) in [4.78, 5) is -0.0939. The molecule has 1 aromatic heterocycles. The molecule has 0 radical (unpaired) electrons. The van der Waals surface area contributed by atoms with Gasteiger partial charge < -0.3 is 4.52 Å². The zero-order chi connectivity index (χ0) is 15.7. The fourth-order valence-electron chi connectivity index (χ4n) is 2.57. The summed E-state index contributed by atoms with van der Waals surface area (Å²) in [6, 6.07) is 17.8. The van der Waals surface area contributed by atoms with Gasteiger partial charge >= 0.3 is 0 Å². The smallest absolute Gasteiger partial charge is 0.141 e. The second-order valence-electron chi connectivity index (χ2n) is 5.37. The molecule has 2 aromatic carbocycles. The molecule has 22 heavy (non-hydrogen) atoms. The van der Waals surface area contributed by atoms with Crippen molar-refractivity contribution in [2.24, 2.45) is 0 Å². The van der Waals surface area contributed by atoms with Crippen LogP contribution in [0, 0.1) is 13.8 Å². The molecule has 0 spiro atoms. The van der Waals surface area contributed by atoms with Crippen LogP contribution in [-0.2, 0) is 4.87 Å². The molecule has 3 aromatic rings. The van der Waals surface area contributed by atoms with Crippen molar-refractivity contribution >= 4 is 24.2 Å². The maximum absolute atomic E-state index is 7.12. The van der Waals surface area contributed by atoms with Gasteiger partial charge in [0.15, 0.2) is 0 Å². The minimum Gasteiger partial charge on any atom is -0.361 e. The first-order valence-corrected chi connectivity index (χ1v) is 7.82. The van der Waals surface area contributed by atoms with Gasteiger partial charge in [0.2, 0.25) is 0 Å². The lowest BCUT2D eigenvalue weighted by molar-refractivity contribution is 0.387. The summed E-state index contributed by atoms with van der Waals surface area (Å²) in [5.74, 6) is 0.726. The fraction of sp³-hybridized carbons (Fsp3) is 0.167. The first-order chi connectivity index (χ1) is 10.5. The van der Waals surface area contributed by atoms with E-state index in [0.29, 0.717) is 5.69 Å². The maximum atomic E-state index is 7.12. The van der Waals surface area contributed by atoms with Crippen LogP contribution in [0.3, 0.4) is 0 Å². The lowest BCUT2D eigenvalue weighted by Crippen LogP contribution is -2.23. The highest BCUT2D eigenvalue weighted by atomic mass is 35.5. The molecule has 0 aliphatic rings. The number of alkyl halides is 1. The van der Waals surface area contributed by atoms with Gasteiger partial charge in [-0.1, -0.05) is 53.2 Å². The van der Waals surface area contributed by atoms with Gasteiger partial charge in [-0.3, -0.25) is 0 Å². The Morgan fingerprint density at radius 3 is 2.36 bits per heavy atom. The van der Waals surface area contributed by atoms with Crippen molar-refractivity contribution in [3.8, 4) is 0 Å². The van der Waals surface area contributed by atoms with Gasteiger partial charge in [-0.15, -0.1) is 24.2 Å². The average Bonchev–Trinajstić information content (AvgIpc) is 2.94. The number of aryl methyl sites for hydroxylation is 2. The third-order valence-electron chi connectivity index (χ3n) is 3.68. The molecule has 2 nitrogen and oxygen atoms in total. The molecule has 4 heteroatoms. The fourth-order valence-corrected chi connectivity index (χ4v) is 3.46. The van der Waals surface area contributed by atoms with E-state index in [1.807, 2.05) is 68.4 Å². The van der Waals surface area contributed by atoms with E-state index in [-0.39, 0.29) is 0 Å². The summed E-state index contributed by atoms with van der Waals surface area (Å²) in [6.45, 7) is 3.89. The van der Waals surface area contributed by atoms with Crippen LogP contribution in [-0.4, -0.2) is 5.16 Å². The molecule has 0 aliphatic carbocycles. The van der Waals surface area contributed by atoms with Crippen LogP contribution in [0.2, 0.25) is 0 Å². The summed E-state index contributed by atoms with van der Waals surface area (Å²) < 4.78 is 5.26. The zero-order valence-corrected chi connectivity index (χ0v) is 14.0. The van der Waals surface area contributed by atoms with Gasteiger partial charge in [0.05, 0.1) is 0 Å². The van der Waals surface area contributed by atoms with Gasteiger partial charge in [0, 0.05) is 11.0 Å². The summed E-state index contributed by atoms with van der Waals surface area (Å²) in [5.41, 5.74) is 3.63. The Labute approximate surface area is 140 Å². The summed E-state index contributed by atoms with van der Waals surface area (Å²) in [5, 5.41) is 4.16. The van der Waals surface area contributed by atoms with Crippen molar-refractivity contribution in [2.75, 3.05) is 0 Å². The van der Waals surface area contributed by atoms with E-state index in [9.17, 15) is 0 Å². The molecule has 1 unspecified atom stereocenters. The Hall–Kier alpha value is -1.71. The zero-order valence-electron chi connectivity index (χ0n) is 12.4. The van der Waals surface area contributed by atoms with E-state index in [1.165, 1.54) is 0 Å². The average molecular weight is 330 g/mol. The molecule has 0 fully saturated rings. The molecule has 1 atom stereocenters. The van der Waals surface area contributed by atoms with Crippen molar-refractivity contribution in [3.05, 3.63) is 82.7 Å². The quantitative estimate of drug-likeness (QED) is 0.533. The molecule has 1 heterocycles. The first-order valence-electron chi connectivity index (χ1n) is 7.00. The molecule has 0 bridgehead atoms. The van der Waals surface area contributed by atoms with Gasteiger partial charge in [-0.2, -0.15) is 0 Å². The topological polar surface area (TPSA) is 26.0 Å². The number of hydrogen-bond acceptors (Lipinski definition) is 3. The molecule has 3 rings (SSSR count). The van der Waals surface area contributed by atoms with Gasteiger partial charge in [0.25, 0.3) is 0 Å². The number of thiol groups is 1. The summed E-state index contributed by atoms with van der Waals surface area (Å²) in [6.07, 6.45) is 0. The van der Waals surface area contributed by atoms with E-state index >= 15 is 0 Å². The molecule has 0 saturated heterocycles. The van der Waals surface area contributed by atoms with Gasteiger partial charge in [0.1, 0.15) is 16.3 Å². The summed E-state index contributed by atoms with van der Waals surface area (Å²) in [7, 11) is 0. The lowest BCUT2D eigenvalue weighted by Gasteiger charge is -2.27. The predicted molar refractivity (Wildman–Crippen MR) is 91.8 cm³/mol. The highest BCUT2D eigenvalue weighted by Gasteiger charge is 2.38. The van der Waals surface area contributed by atoms with Crippen LogP contribution in [0.15, 0.2) is 64.0 Å². The van der Waals surface area contributed by atoms with Crippen LogP contribution >= 0.6 is 24.2 Å². The number of benzene rings is 2. The second kappa shape index (κ2) is 5.82. The summed E-state index contributed by atoms with van der Waals surface area (Å²) >= 11 is 11.7. The molecular formula is C18H16ClNOS. The largest absolute Gasteiger partial charge is 0.361 e. The van der Waals surface area contributed by atoms with E-state index in [1.54, 1.807) is 0 Å². The van der Waals surface area contributed by atoms with Crippen LogP contribution in [0.1, 0.15) is 28.1 Å². The Kier molecular flexibility index (Phi) is 4.02. The number of halogens is 1. The van der Waals surface area contributed by atoms with Crippen molar-refractivity contribution < 1.29 is 4.52 Å². The molecule has 0 saturated carbocycles. The van der Waals surface area contributed by atoms with E-state index in [2.05, 4.69) is 17.8 Å². The lowest BCUT2D eigenvalue weighted by atomic mass is 9.87. The normalized spacial score (nSPS) is 13.8. The second-order valence-corrected chi connectivity index (χ2v) is 6.42. The van der Waals surface area contributed by atoms with Crippen LogP contribution < -0.4 is 0 Å². The molecule has 0 aliphatic heterocycles. The third-order valence-corrected chi connectivity index (χ3v) is 4.66. The van der Waals surface area contributed by atoms with Crippen molar-refractivity contribution in [3.63, 3.8) is 0 Å². The van der Waals surface area contributed by atoms with Crippen LogP contribution in [0.25, 0.3) is 0 Å². The monoisotopic (exact) mass is 329 g/mol. The van der Waals surface area contributed by atoms with Crippen molar-refractivity contribution in [1.29, 1.82) is 0 Å². The standard InChI is InChI=1S/C18H16ClNOS/c1-12-8-9-15(16(22)10-12)18(19,14-6-4-3-5-7-14)17-11-13(2)21-20-17/h3-11,22H,1-2H3. The van der Waals surface area contributed by atoms with E-state index in [4.69, 9.17) is 16.1 Å². The maximum Gasteiger partial charge on any atom is 0.141 e. The van der Waals surface area contributed by atoms with Crippen LogP contribution in [0.5, 0.6) is 0 Å². The molecule has 112 valence electrons. The number of nitrogens with zero attached hydrogens (tertiary/aromatic N) is 1. The highest BCUT2D eigenvalue weighted by Crippen LogP contribution is 2.45. The van der Waals surface area contributed by atoms with Gasteiger partial charge in [-0.05, 0) is 31.0 Å². The Morgan fingerprint density at radius 1 is 1.05 bits per heavy atom. The van der Waals surface area contributed by atoms with Crippen LogP contribution in [0.4, 0.5) is 0 Å². The minimum atomic E-state index is -0.927. The minimum absolute atomic E-state index is 0.664. The number of hydrogen-bond donors (Lipinski definition) is 1. The molecule has 0 amide bonds. The van der Waals surface area contributed by atoms with Crippen molar-refractivity contribution in [1.82, 2.24) is 5.16 Å². The molecular weight excluding hydrogens is 314 g/mol. The van der Waals surface area contributed by atoms with Crippen molar-refractivity contribution in [2.45, 2.75) is 23.6 Å². The highest BCUT2D eigenvalue weighted by molar-refractivity contribution is 7.80. The number of rotatable bonds is 3. The van der Waals surface area contributed by atoms with E-state index < -0.39 is 4.87 Å². The third kappa shape index (κ3) is 2.55. The predicted octanol–water partition coefficient (Wildman–Crippen LogP) is 5.11. The SMILES string of the molecule is Cc1ccc(C(Cl)(c2ccccc2)c2cc(C)on2)c(S)c1. The Bertz CT molecular complexity index is 800. The first kappa shape index (κ1) is 15.2. The number of aromatic nitrogens is 1.